The topological polar surface area (TPSA) is 72.3 Å². The SMILES string of the molecule is CCC1CCCCC1Oc1nccnc1C(=O)O. The molecular weight excluding hydrogens is 232 g/mol. The van der Waals surface area contributed by atoms with Crippen LogP contribution in [0.1, 0.15) is 49.5 Å². The summed E-state index contributed by atoms with van der Waals surface area (Å²) in [5, 5.41) is 9.04. The van der Waals surface area contributed by atoms with Gasteiger partial charge >= 0.3 is 5.97 Å². The molecule has 2 unspecified atom stereocenters. The summed E-state index contributed by atoms with van der Waals surface area (Å²) in [7, 11) is 0. The molecule has 1 N–H and O–H groups in total. The Morgan fingerprint density at radius 1 is 1.39 bits per heavy atom. The number of hydrogen-bond donors (Lipinski definition) is 1. The third-order valence-corrected chi connectivity index (χ3v) is 3.49. The second-order valence-electron chi connectivity index (χ2n) is 4.62. The first-order valence-corrected chi connectivity index (χ1v) is 6.43. The van der Waals surface area contributed by atoms with E-state index in [1.165, 1.54) is 18.8 Å². The minimum atomic E-state index is -1.10. The lowest BCUT2D eigenvalue weighted by molar-refractivity contribution is 0.0644. The van der Waals surface area contributed by atoms with Crippen LogP contribution in [0.25, 0.3) is 0 Å². The van der Waals surface area contributed by atoms with Crippen molar-refractivity contribution < 1.29 is 14.6 Å². The molecule has 0 spiro atoms. The molecule has 2 atom stereocenters. The first-order valence-electron chi connectivity index (χ1n) is 6.43. The largest absolute Gasteiger partial charge is 0.476 e. The van der Waals surface area contributed by atoms with Crippen molar-refractivity contribution in [1.82, 2.24) is 9.97 Å². The van der Waals surface area contributed by atoms with Crippen LogP contribution >= 0.6 is 0 Å². The highest BCUT2D eigenvalue weighted by Crippen LogP contribution is 2.30. The van der Waals surface area contributed by atoms with Gasteiger partial charge in [-0.15, -0.1) is 0 Å². The molecule has 1 fully saturated rings. The Kier molecular flexibility index (Phi) is 4.12. The van der Waals surface area contributed by atoms with Crippen molar-refractivity contribution in [3.8, 4) is 5.88 Å². The Bertz CT molecular complexity index is 422. The van der Waals surface area contributed by atoms with Crippen LogP contribution in [0.4, 0.5) is 0 Å². The van der Waals surface area contributed by atoms with E-state index in [4.69, 9.17) is 9.84 Å². The van der Waals surface area contributed by atoms with Crippen molar-refractivity contribution in [2.24, 2.45) is 5.92 Å². The summed E-state index contributed by atoms with van der Waals surface area (Å²) in [5.41, 5.74) is -0.0991. The Hall–Kier alpha value is -1.65. The molecule has 1 aliphatic carbocycles. The van der Waals surface area contributed by atoms with Crippen LogP contribution in [-0.4, -0.2) is 27.1 Å². The van der Waals surface area contributed by atoms with Crippen LogP contribution in [0.5, 0.6) is 5.88 Å². The van der Waals surface area contributed by atoms with Gasteiger partial charge in [-0.05, 0) is 31.6 Å². The van der Waals surface area contributed by atoms with E-state index in [0.29, 0.717) is 5.92 Å². The van der Waals surface area contributed by atoms with E-state index in [-0.39, 0.29) is 17.7 Å². The van der Waals surface area contributed by atoms with Crippen LogP contribution in [0, 0.1) is 5.92 Å². The minimum absolute atomic E-state index is 0.0681. The summed E-state index contributed by atoms with van der Waals surface area (Å²) in [6, 6.07) is 0. The third kappa shape index (κ3) is 2.78. The fourth-order valence-corrected chi connectivity index (χ4v) is 2.50. The van der Waals surface area contributed by atoms with Gasteiger partial charge in [-0.2, -0.15) is 0 Å². The summed E-state index contributed by atoms with van der Waals surface area (Å²) >= 11 is 0. The normalized spacial score (nSPS) is 23.6. The van der Waals surface area contributed by atoms with Gasteiger partial charge < -0.3 is 9.84 Å². The summed E-state index contributed by atoms with van der Waals surface area (Å²) in [6.45, 7) is 2.14. The number of ether oxygens (including phenoxy) is 1. The maximum absolute atomic E-state index is 11.0. The molecule has 0 radical (unpaired) electrons. The Morgan fingerprint density at radius 2 is 2.11 bits per heavy atom. The molecule has 0 bridgehead atoms. The van der Waals surface area contributed by atoms with Crippen LogP contribution in [0.2, 0.25) is 0 Å². The number of hydrogen-bond acceptors (Lipinski definition) is 4. The summed E-state index contributed by atoms with van der Waals surface area (Å²) < 4.78 is 5.80. The molecule has 0 saturated heterocycles. The van der Waals surface area contributed by atoms with Crippen molar-refractivity contribution in [2.75, 3.05) is 0 Å². The molecule has 1 aromatic heterocycles. The zero-order chi connectivity index (χ0) is 13.0. The smallest absolute Gasteiger partial charge is 0.360 e. The van der Waals surface area contributed by atoms with E-state index >= 15 is 0 Å². The molecule has 0 amide bonds. The highest BCUT2D eigenvalue weighted by molar-refractivity contribution is 5.87. The Morgan fingerprint density at radius 3 is 2.83 bits per heavy atom. The molecule has 5 heteroatoms. The Balaban J connectivity index is 2.15. The minimum Gasteiger partial charge on any atom is -0.476 e. The predicted octanol–water partition coefficient (Wildman–Crippen LogP) is 2.52. The lowest BCUT2D eigenvalue weighted by Crippen LogP contribution is -2.31. The van der Waals surface area contributed by atoms with E-state index in [1.807, 2.05) is 0 Å². The zero-order valence-electron chi connectivity index (χ0n) is 10.5. The molecule has 0 aromatic carbocycles. The number of aromatic carboxylic acids is 1. The van der Waals surface area contributed by atoms with Crippen LogP contribution in [0.15, 0.2) is 12.4 Å². The summed E-state index contributed by atoms with van der Waals surface area (Å²) in [5.74, 6) is -0.459. The van der Waals surface area contributed by atoms with E-state index < -0.39 is 5.97 Å². The lowest BCUT2D eigenvalue weighted by atomic mass is 9.85. The van der Waals surface area contributed by atoms with Crippen molar-refractivity contribution >= 4 is 5.97 Å². The molecule has 0 aliphatic heterocycles. The predicted molar refractivity (Wildman–Crippen MR) is 65.7 cm³/mol. The summed E-state index contributed by atoms with van der Waals surface area (Å²) in [6.07, 6.45) is 8.42. The molecular formula is C13H18N2O3. The van der Waals surface area contributed by atoms with Crippen LogP contribution in [0.3, 0.4) is 0 Å². The van der Waals surface area contributed by atoms with E-state index in [9.17, 15) is 4.79 Å². The highest BCUT2D eigenvalue weighted by atomic mass is 16.5. The fourth-order valence-electron chi connectivity index (χ4n) is 2.50. The molecule has 2 rings (SSSR count). The van der Waals surface area contributed by atoms with Gasteiger partial charge in [-0.1, -0.05) is 13.3 Å². The maximum atomic E-state index is 11.0. The number of carboxylic acid groups (broad SMARTS) is 1. The molecule has 98 valence electrons. The zero-order valence-corrected chi connectivity index (χ0v) is 10.5. The molecule has 1 saturated carbocycles. The van der Waals surface area contributed by atoms with Gasteiger partial charge in [0.25, 0.3) is 0 Å². The molecule has 1 aromatic rings. The second-order valence-corrected chi connectivity index (χ2v) is 4.62. The van der Waals surface area contributed by atoms with E-state index in [1.54, 1.807) is 0 Å². The maximum Gasteiger partial charge on any atom is 0.360 e. The average molecular weight is 250 g/mol. The van der Waals surface area contributed by atoms with Gasteiger partial charge in [0, 0.05) is 12.4 Å². The number of carboxylic acids is 1. The van der Waals surface area contributed by atoms with E-state index in [0.717, 1.165) is 25.7 Å². The van der Waals surface area contributed by atoms with Gasteiger partial charge in [-0.3, -0.25) is 0 Å². The number of carbonyl (C=O) groups is 1. The number of rotatable bonds is 4. The molecule has 1 heterocycles. The average Bonchev–Trinajstić information content (AvgIpc) is 2.40. The first-order chi connectivity index (χ1) is 8.72. The molecule has 1 aliphatic rings. The molecule has 5 nitrogen and oxygen atoms in total. The van der Waals surface area contributed by atoms with Crippen LogP contribution < -0.4 is 4.74 Å². The van der Waals surface area contributed by atoms with Crippen molar-refractivity contribution in [3.05, 3.63) is 18.1 Å². The van der Waals surface area contributed by atoms with Gasteiger partial charge in [0.1, 0.15) is 6.10 Å². The number of nitrogens with zero attached hydrogens (tertiary/aromatic N) is 2. The monoisotopic (exact) mass is 250 g/mol. The molecule has 18 heavy (non-hydrogen) atoms. The van der Waals surface area contributed by atoms with Crippen molar-refractivity contribution in [1.29, 1.82) is 0 Å². The van der Waals surface area contributed by atoms with Crippen molar-refractivity contribution in [2.45, 2.75) is 45.1 Å². The fraction of sp³-hybridized carbons (Fsp3) is 0.615. The van der Waals surface area contributed by atoms with Gasteiger partial charge in [0.15, 0.2) is 0 Å². The second kappa shape index (κ2) is 5.80. The first kappa shape index (κ1) is 12.8. The highest BCUT2D eigenvalue weighted by Gasteiger charge is 2.27. The third-order valence-electron chi connectivity index (χ3n) is 3.49. The quantitative estimate of drug-likeness (QED) is 0.888. The lowest BCUT2D eigenvalue weighted by Gasteiger charge is -2.30. The summed E-state index contributed by atoms with van der Waals surface area (Å²) in [4.78, 5) is 18.8. The van der Waals surface area contributed by atoms with Crippen LogP contribution in [-0.2, 0) is 0 Å². The standard InChI is InChI=1S/C13H18N2O3/c1-2-9-5-3-4-6-10(9)18-12-11(13(16)17)14-7-8-15-12/h7-10H,2-6H2,1H3,(H,16,17). The van der Waals surface area contributed by atoms with Gasteiger partial charge in [0.05, 0.1) is 0 Å². The van der Waals surface area contributed by atoms with Gasteiger partial charge in [-0.25, -0.2) is 14.8 Å². The Labute approximate surface area is 106 Å². The van der Waals surface area contributed by atoms with Gasteiger partial charge in [0.2, 0.25) is 11.6 Å². The van der Waals surface area contributed by atoms with Crippen molar-refractivity contribution in [3.63, 3.8) is 0 Å². The number of aromatic nitrogens is 2. The van der Waals surface area contributed by atoms with E-state index in [2.05, 4.69) is 16.9 Å².